The molecule has 156 valence electrons. The Kier molecular flexibility index (Phi) is 7.47. The number of carbonyl (C=O) groups excluding carboxylic acids is 2. The van der Waals surface area contributed by atoms with Gasteiger partial charge in [-0.05, 0) is 42.7 Å². The molecule has 0 aliphatic heterocycles. The molecule has 0 unspecified atom stereocenters. The van der Waals surface area contributed by atoms with E-state index in [1.54, 1.807) is 6.07 Å². The summed E-state index contributed by atoms with van der Waals surface area (Å²) in [7, 11) is 4.33. The summed E-state index contributed by atoms with van der Waals surface area (Å²) in [6.45, 7) is 5.69. The number of esters is 1. The highest BCUT2D eigenvalue weighted by Crippen LogP contribution is 2.40. The van der Waals surface area contributed by atoms with Gasteiger partial charge in [-0.1, -0.05) is 26.0 Å². The summed E-state index contributed by atoms with van der Waals surface area (Å²) in [5, 5.41) is 2.74. The Bertz CT molecular complexity index is 860. The van der Waals surface area contributed by atoms with E-state index in [-0.39, 0.29) is 17.1 Å². The van der Waals surface area contributed by atoms with Crippen LogP contribution in [0.2, 0.25) is 0 Å². The molecule has 0 aliphatic carbocycles. The van der Waals surface area contributed by atoms with Crippen LogP contribution >= 0.6 is 0 Å². The number of ether oxygens (including phenoxy) is 4. The zero-order valence-electron chi connectivity index (χ0n) is 17.6. The molecule has 29 heavy (non-hydrogen) atoms. The van der Waals surface area contributed by atoms with Crippen LogP contribution in [-0.4, -0.2) is 39.3 Å². The molecule has 2 aromatic carbocycles. The number of benzene rings is 2. The van der Waals surface area contributed by atoms with E-state index in [1.807, 2.05) is 24.3 Å². The monoisotopic (exact) mass is 401 g/mol. The van der Waals surface area contributed by atoms with Crippen molar-refractivity contribution in [2.45, 2.75) is 32.8 Å². The van der Waals surface area contributed by atoms with Gasteiger partial charge in [0.15, 0.2) is 17.6 Å². The van der Waals surface area contributed by atoms with Crippen molar-refractivity contribution in [3.05, 3.63) is 47.5 Å². The zero-order chi connectivity index (χ0) is 21.6. The summed E-state index contributed by atoms with van der Waals surface area (Å²) in [6.07, 6.45) is -1.01. The van der Waals surface area contributed by atoms with E-state index in [9.17, 15) is 9.59 Å². The lowest BCUT2D eigenvalue weighted by Gasteiger charge is -2.17. The second kappa shape index (κ2) is 9.82. The minimum atomic E-state index is -1.01. The van der Waals surface area contributed by atoms with Gasteiger partial charge in [-0.3, -0.25) is 4.79 Å². The van der Waals surface area contributed by atoms with Gasteiger partial charge >= 0.3 is 5.97 Å². The molecular weight excluding hydrogens is 374 g/mol. The molecule has 7 heteroatoms. The SMILES string of the molecule is COc1ccc(C(=O)O[C@H](C)C(=O)Nc2ccc(C(C)C)cc2)c(OC)c1OC. The summed E-state index contributed by atoms with van der Waals surface area (Å²) in [4.78, 5) is 25.0. The summed E-state index contributed by atoms with van der Waals surface area (Å²) in [6, 6.07) is 10.6. The second-order valence-corrected chi connectivity index (χ2v) is 6.70. The largest absolute Gasteiger partial charge is 0.493 e. The van der Waals surface area contributed by atoms with Crippen molar-refractivity contribution in [2.75, 3.05) is 26.6 Å². The number of methoxy groups -OCH3 is 3. The quantitative estimate of drug-likeness (QED) is 0.673. The summed E-state index contributed by atoms with van der Waals surface area (Å²) >= 11 is 0. The molecule has 7 nitrogen and oxygen atoms in total. The molecule has 0 aliphatic rings. The molecule has 1 amide bonds. The molecule has 1 atom stereocenters. The first-order chi connectivity index (χ1) is 13.8. The van der Waals surface area contributed by atoms with E-state index in [0.29, 0.717) is 17.4 Å². The minimum absolute atomic E-state index is 0.131. The fraction of sp³-hybridized carbons (Fsp3) is 0.364. The number of anilines is 1. The van der Waals surface area contributed by atoms with E-state index in [2.05, 4.69) is 19.2 Å². The smallest absolute Gasteiger partial charge is 0.342 e. The Morgan fingerprint density at radius 2 is 1.45 bits per heavy atom. The summed E-state index contributed by atoms with van der Waals surface area (Å²) in [5.41, 5.74) is 1.93. The normalized spacial score (nSPS) is 11.6. The number of hydrogen-bond acceptors (Lipinski definition) is 6. The van der Waals surface area contributed by atoms with Crippen molar-refractivity contribution in [1.82, 2.24) is 0 Å². The maximum Gasteiger partial charge on any atom is 0.342 e. The third kappa shape index (κ3) is 5.19. The van der Waals surface area contributed by atoms with Crippen molar-refractivity contribution in [2.24, 2.45) is 0 Å². The molecule has 0 spiro atoms. The lowest BCUT2D eigenvalue weighted by molar-refractivity contribution is -0.123. The molecule has 0 bridgehead atoms. The standard InChI is InChI=1S/C22H27NO6/c1-13(2)15-7-9-16(10-8-15)23-21(24)14(3)29-22(25)17-11-12-18(26-4)20(28-6)19(17)27-5/h7-14H,1-6H3,(H,23,24)/t14-/m1/s1. The van der Waals surface area contributed by atoms with E-state index < -0.39 is 18.0 Å². The van der Waals surface area contributed by atoms with Gasteiger partial charge in [0, 0.05) is 5.69 Å². The first-order valence-electron chi connectivity index (χ1n) is 9.23. The molecular formula is C22H27NO6. The average Bonchev–Trinajstić information content (AvgIpc) is 2.72. The van der Waals surface area contributed by atoms with Crippen molar-refractivity contribution >= 4 is 17.6 Å². The number of carbonyl (C=O) groups is 2. The van der Waals surface area contributed by atoms with Crippen LogP contribution < -0.4 is 19.5 Å². The van der Waals surface area contributed by atoms with Gasteiger partial charge < -0.3 is 24.3 Å². The average molecular weight is 401 g/mol. The first-order valence-corrected chi connectivity index (χ1v) is 9.23. The van der Waals surface area contributed by atoms with Crippen molar-refractivity contribution < 1.29 is 28.5 Å². The Labute approximate surface area is 170 Å². The number of rotatable bonds is 8. The fourth-order valence-corrected chi connectivity index (χ4v) is 2.73. The lowest BCUT2D eigenvalue weighted by Crippen LogP contribution is -2.30. The van der Waals surface area contributed by atoms with Crippen LogP contribution in [0.25, 0.3) is 0 Å². The summed E-state index contributed by atoms with van der Waals surface area (Å²) < 4.78 is 21.1. The van der Waals surface area contributed by atoms with Gasteiger partial charge in [-0.2, -0.15) is 0 Å². The Morgan fingerprint density at radius 1 is 0.828 bits per heavy atom. The topological polar surface area (TPSA) is 83.1 Å². The second-order valence-electron chi connectivity index (χ2n) is 6.70. The lowest BCUT2D eigenvalue weighted by atomic mass is 10.0. The Balaban J connectivity index is 2.11. The maximum atomic E-state index is 12.6. The number of nitrogens with one attached hydrogen (secondary N) is 1. The van der Waals surface area contributed by atoms with Crippen LogP contribution in [0.1, 0.15) is 42.6 Å². The molecule has 2 rings (SSSR count). The van der Waals surface area contributed by atoms with E-state index in [0.717, 1.165) is 0 Å². The maximum absolute atomic E-state index is 12.6. The summed E-state index contributed by atoms with van der Waals surface area (Å²) in [5.74, 6) is 0.115. The highest BCUT2D eigenvalue weighted by atomic mass is 16.6. The molecule has 0 aromatic heterocycles. The van der Waals surface area contributed by atoms with Crippen LogP contribution in [-0.2, 0) is 9.53 Å². The molecule has 0 fully saturated rings. The van der Waals surface area contributed by atoms with Crippen LogP contribution in [0.3, 0.4) is 0 Å². The van der Waals surface area contributed by atoms with Crippen molar-refractivity contribution in [3.63, 3.8) is 0 Å². The van der Waals surface area contributed by atoms with Gasteiger partial charge in [0.2, 0.25) is 5.75 Å². The molecule has 2 aromatic rings. The van der Waals surface area contributed by atoms with Gasteiger partial charge in [0.1, 0.15) is 5.56 Å². The Hall–Kier alpha value is -3.22. The van der Waals surface area contributed by atoms with Crippen molar-refractivity contribution in [3.8, 4) is 17.2 Å². The number of hydrogen-bond donors (Lipinski definition) is 1. The first kappa shape index (κ1) is 22.1. The van der Waals surface area contributed by atoms with Gasteiger partial charge in [-0.25, -0.2) is 4.79 Å². The highest BCUT2D eigenvalue weighted by Gasteiger charge is 2.25. The van der Waals surface area contributed by atoms with Crippen molar-refractivity contribution in [1.29, 1.82) is 0 Å². The van der Waals surface area contributed by atoms with Gasteiger partial charge in [0.25, 0.3) is 5.91 Å². The molecule has 0 saturated carbocycles. The fourth-order valence-electron chi connectivity index (χ4n) is 2.73. The molecule has 0 saturated heterocycles. The Morgan fingerprint density at radius 3 is 1.97 bits per heavy atom. The van der Waals surface area contributed by atoms with E-state index >= 15 is 0 Å². The minimum Gasteiger partial charge on any atom is -0.493 e. The predicted molar refractivity (Wildman–Crippen MR) is 110 cm³/mol. The van der Waals surface area contributed by atoms with Gasteiger partial charge in [0.05, 0.1) is 21.3 Å². The van der Waals surface area contributed by atoms with Crippen LogP contribution in [0.4, 0.5) is 5.69 Å². The van der Waals surface area contributed by atoms with Gasteiger partial charge in [-0.15, -0.1) is 0 Å². The third-order valence-electron chi connectivity index (χ3n) is 4.42. The number of amides is 1. The zero-order valence-corrected chi connectivity index (χ0v) is 17.6. The molecule has 1 N–H and O–H groups in total. The third-order valence-corrected chi connectivity index (χ3v) is 4.42. The van der Waals surface area contributed by atoms with Crippen LogP contribution in [0.15, 0.2) is 36.4 Å². The van der Waals surface area contributed by atoms with E-state index in [4.69, 9.17) is 18.9 Å². The molecule has 0 radical (unpaired) electrons. The van der Waals surface area contributed by atoms with Crippen LogP contribution in [0, 0.1) is 0 Å². The van der Waals surface area contributed by atoms with E-state index in [1.165, 1.54) is 39.9 Å². The highest BCUT2D eigenvalue weighted by molar-refractivity contribution is 5.99. The predicted octanol–water partition coefficient (Wildman–Crippen LogP) is 4.02. The molecule has 0 heterocycles. The van der Waals surface area contributed by atoms with Crippen LogP contribution in [0.5, 0.6) is 17.2 Å².